The van der Waals surface area contributed by atoms with E-state index in [9.17, 15) is 4.79 Å². The number of pyridine rings is 1. The number of nitrogen functional groups attached to an aromatic ring is 1. The van der Waals surface area contributed by atoms with Crippen molar-refractivity contribution in [3.05, 3.63) is 71.2 Å². The number of anilines is 3. The van der Waals surface area contributed by atoms with Gasteiger partial charge in [0.15, 0.2) is 0 Å². The van der Waals surface area contributed by atoms with Crippen LogP contribution >= 0.6 is 0 Å². The summed E-state index contributed by atoms with van der Waals surface area (Å²) in [5.41, 5.74) is 8.82. The summed E-state index contributed by atoms with van der Waals surface area (Å²) >= 11 is 0. The third kappa shape index (κ3) is 4.67. The molecule has 1 amide bonds. The van der Waals surface area contributed by atoms with Crippen LogP contribution in [0.1, 0.15) is 33.5 Å². The number of benzene rings is 1. The van der Waals surface area contributed by atoms with Crippen LogP contribution in [0.4, 0.5) is 17.5 Å². The molecule has 1 aliphatic rings. The van der Waals surface area contributed by atoms with Crippen LogP contribution in [0.2, 0.25) is 0 Å². The number of hydrogen-bond donors (Lipinski definition) is 5. The zero-order valence-corrected chi connectivity index (χ0v) is 17.1. The van der Waals surface area contributed by atoms with Crippen molar-refractivity contribution in [3.63, 3.8) is 0 Å². The number of aryl methyl sites for hydroxylation is 1. The molecule has 3 aromatic rings. The first-order valence-electron chi connectivity index (χ1n) is 10.0. The van der Waals surface area contributed by atoms with E-state index in [1.165, 1.54) is 6.33 Å². The molecule has 158 valence electrons. The number of nitrogens with two attached hydrogens (primary N) is 1. The Labute approximate surface area is 180 Å². The van der Waals surface area contributed by atoms with Gasteiger partial charge in [-0.25, -0.2) is 15.0 Å². The summed E-state index contributed by atoms with van der Waals surface area (Å²) in [5.74, 6) is 1.00. The molecule has 1 atom stereocenters. The van der Waals surface area contributed by atoms with Gasteiger partial charge in [-0.3, -0.25) is 10.2 Å². The van der Waals surface area contributed by atoms with Gasteiger partial charge in [0, 0.05) is 29.9 Å². The molecule has 2 aromatic heterocycles. The zero-order valence-electron chi connectivity index (χ0n) is 17.1. The van der Waals surface area contributed by atoms with E-state index >= 15 is 0 Å². The molecule has 9 nitrogen and oxygen atoms in total. The highest BCUT2D eigenvalue weighted by molar-refractivity contribution is 6.16. The third-order valence-corrected chi connectivity index (χ3v) is 5.12. The number of carbonyl (C=O) groups is 1. The van der Waals surface area contributed by atoms with Crippen molar-refractivity contribution in [2.45, 2.75) is 19.4 Å². The number of nitrogens with zero attached hydrogens (tertiary/aromatic N) is 3. The Balaban J connectivity index is 1.53. The van der Waals surface area contributed by atoms with Gasteiger partial charge in [-0.05, 0) is 49.7 Å². The quantitative estimate of drug-likeness (QED) is 0.388. The second-order valence-corrected chi connectivity index (χ2v) is 7.44. The molecule has 1 fully saturated rings. The Morgan fingerprint density at radius 1 is 1.16 bits per heavy atom. The fourth-order valence-electron chi connectivity index (χ4n) is 3.45. The van der Waals surface area contributed by atoms with Crippen molar-refractivity contribution in [2.24, 2.45) is 0 Å². The second-order valence-electron chi connectivity index (χ2n) is 7.44. The Morgan fingerprint density at radius 3 is 2.65 bits per heavy atom. The first kappa shape index (κ1) is 20.4. The molecule has 6 N–H and O–H groups in total. The van der Waals surface area contributed by atoms with Crippen LogP contribution in [0.15, 0.2) is 48.9 Å². The number of nitrogens with one attached hydrogen (secondary N) is 4. The molecule has 3 heterocycles. The first-order valence-corrected chi connectivity index (χ1v) is 10.0. The van der Waals surface area contributed by atoms with E-state index in [0.29, 0.717) is 28.3 Å². The van der Waals surface area contributed by atoms with E-state index < -0.39 is 0 Å². The Morgan fingerprint density at radius 2 is 1.94 bits per heavy atom. The van der Waals surface area contributed by atoms with Gasteiger partial charge in [0.25, 0.3) is 5.91 Å². The van der Waals surface area contributed by atoms with Crippen LogP contribution in [-0.4, -0.2) is 45.7 Å². The van der Waals surface area contributed by atoms with Crippen LogP contribution in [0, 0.1) is 12.3 Å². The van der Waals surface area contributed by atoms with Gasteiger partial charge in [-0.1, -0.05) is 12.1 Å². The van der Waals surface area contributed by atoms with Crippen molar-refractivity contribution in [1.82, 2.24) is 20.3 Å². The lowest BCUT2D eigenvalue weighted by atomic mass is 10.0. The molecule has 0 radical (unpaired) electrons. The molecule has 0 spiro atoms. The molecule has 0 aliphatic carbocycles. The van der Waals surface area contributed by atoms with E-state index in [1.54, 1.807) is 36.5 Å². The fraction of sp³-hybridized carbons (Fsp3) is 0.227. The molecule has 1 saturated heterocycles. The van der Waals surface area contributed by atoms with Gasteiger partial charge in [0.1, 0.15) is 23.8 Å². The molecule has 0 bridgehead atoms. The number of hydrogen-bond acceptors (Lipinski definition) is 8. The molecule has 0 saturated carbocycles. The number of rotatable bonds is 6. The summed E-state index contributed by atoms with van der Waals surface area (Å²) in [6.45, 7) is 3.70. The summed E-state index contributed by atoms with van der Waals surface area (Å²) in [6, 6.07) is 10.7. The minimum Gasteiger partial charge on any atom is -0.383 e. The lowest BCUT2D eigenvalue weighted by molar-refractivity contribution is 0.102. The predicted octanol–water partition coefficient (Wildman–Crippen LogP) is 2.20. The predicted molar refractivity (Wildman–Crippen MR) is 121 cm³/mol. The van der Waals surface area contributed by atoms with Crippen molar-refractivity contribution in [3.8, 4) is 0 Å². The minimum atomic E-state index is -0.269. The molecule has 1 aliphatic heterocycles. The highest BCUT2D eigenvalue weighted by Gasteiger charge is 2.21. The van der Waals surface area contributed by atoms with Gasteiger partial charge in [-0.15, -0.1) is 0 Å². The number of amides is 1. The molecule has 0 unspecified atom stereocenters. The lowest BCUT2D eigenvalue weighted by Gasteiger charge is -2.17. The normalized spacial score (nSPS) is 15.5. The summed E-state index contributed by atoms with van der Waals surface area (Å²) in [7, 11) is 0. The Bertz CT molecular complexity index is 1110. The van der Waals surface area contributed by atoms with E-state index in [2.05, 4.69) is 30.9 Å². The summed E-state index contributed by atoms with van der Waals surface area (Å²) in [5, 5.41) is 18.1. The fourth-order valence-corrected chi connectivity index (χ4v) is 3.45. The smallest absolute Gasteiger partial charge is 0.256 e. The SMILES string of the molecule is Cc1ccnc(NC(=O)c2ccc(C(=N)c3c(N)ncnc3N[C@@H]3CCNC3)cc2)c1. The topological polar surface area (TPSA) is 142 Å². The Kier molecular flexibility index (Phi) is 5.85. The van der Waals surface area contributed by atoms with E-state index in [4.69, 9.17) is 11.1 Å². The zero-order chi connectivity index (χ0) is 21.8. The van der Waals surface area contributed by atoms with E-state index in [1.807, 2.05) is 13.0 Å². The van der Waals surface area contributed by atoms with Gasteiger partial charge < -0.3 is 21.7 Å². The van der Waals surface area contributed by atoms with Crippen molar-refractivity contribution < 1.29 is 4.79 Å². The van der Waals surface area contributed by atoms with Crippen LogP contribution in [0.3, 0.4) is 0 Å². The maximum absolute atomic E-state index is 12.5. The van der Waals surface area contributed by atoms with Crippen LogP contribution in [0.5, 0.6) is 0 Å². The average Bonchev–Trinajstić information content (AvgIpc) is 3.27. The Hall–Kier alpha value is -3.85. The lowest BCUT2D eigenvalue weighted by Crippen LogP contribution is -2.25. The van der Waals surface area contributed by atoms with Gasteiger partial charge >= 0.3 is 0 Å². The second kappa shape index (κ2) is 8.88. The highest BCUT2D eigenvalue weighted by Crippen LogP contribution is 2.23. The maximum atomic E-state index is 12.5. The van der Waals surface area contributed by atoms with Gasteiger partial charge in [0.2, 0.25) is 0 Å². The molecular weight excluding hydrogens is 392 g/mol. The summed E-state index contributed by atoms with van der Waals surface area (Å²) < 4.78 is 0. The number of carbonyl (C=O) groups excluding carboxylic acids is 1. The molecule has 1 aromatic carbocycles. The minimum absolute atomic E-state index is 0.193. The van der Waals surface area contributed by atoms with E-state index in [0.717, 1.165) is 25.1 Å². The van der Waals surface area contributed by atoms with Gasteiger partial charge in [-0.2, -0.15) is 0 Å². The molecular formula is C22H24N8O. The van der Waals surface area contributed by atoms with Crippen molar-refractivity contribution in [1.29, 1.82) is 5.41 Å². The maximum Gasteiger partial charge on any atom is 0.256 e. The van der Waals surface area contributed by atoms with Crippen molar-refractivity contribution in [2.75, 3.05) is 29.5 Å². The van der Waals surface area contributed by atoms with Crippen LogP contribution in [-0.2, 0) is 0 Å². The first-order chi connectivity index (χ1) is 15.0. The molecule has 31 heavy (non-hydrogen) atoms. The summed E-state index contributed by atoms with van der Waals surface area (Å²) in [4.78, 5) is 25.0. The highest BCUT2D eigenvalue weighted by atomic mass is 16.1. The van der Waals surface area contributed by atoms with Gasteiger partial charge in [0.05, 0.1) is 11.3 Å². The summed E-state index contributed by atoms with van der Waals surface area (Å²) in [6.07, 6.45) is 4.01. The number of aromatic nitrogens is 3. The van der Waals surface area contributed by atoms with E-state index in [-0.39, 0.29) is 23.5 Å². The van der Waals surface area contributed by atoms with Crippen LogP contribution in [0.25, 0.3) is 0 Å². The van der Waals surface area contributed by atoms with Crippen molar-refractivity contribution >= 4 is 29.1 Å². The average molecular weight is 416 g/mol. The molecule has 4 rings (SSSR count). The van der Waals surface area contributed by atoms with Crippen LogP contribution < -0.4 is 21.7 Å². The monoisotopic (exact) mass is 416 g/mol. The largest absolute Gasteiger partial charge is 0.383 e. The standard InChI is InChI=1S/C22H24N8O/c1-13-6-9-26-17(10-13)30-22(31)15-4-2-14(3-5-15)19(23)18-20(24)27-12-28-21(18)29-16-7-8-25-11-16/h2-6,9-10,12,16,23,25H,7-8,11H2,1H3,(H,26,30,31)(H3,24,27,28,29)/t16-/m1/s1. The molecule has 9 heteroatoms. The third-order valence-electron chi connectivity index (χ3n) is 5.12.